The highest BCUT2D eigenvalue weighted by atomic mass is 19.1. The van der Waals surface area contributed by atoms with E-state index in [9.17, 15) is 4.39 Å². The van der Waals surface area contributed by atoms with Gasteiger partial charge in [0.2, 0.25) is 0 Å². The minimum absolute atomic E-state index is 0.00162. The van der Waals surface area contributed by atoms with Crippen LogP contribution in [0.15, 0.2) is 24.3 Å². The fourth-order valence-electron chi connectivity index (χ4n) is 1.95. The number of halogens is 1. The molecular formula is C13H21FN2O. The smallest absolute Gasteiger partial charge is 0.123 e. The third-order valence-electron chi connectivity index (χ3n) is 2.79. The largest absolute Gasteiger partial charge is 0.377 e. The van der Waals surface area contributed by atoms with E-state index in [-0.39, 0.29) is 18.0 Å². The summed E-state index contributed by atoms with van der Waals surface area (Å²) in [4.78, 5) is 0. The number of nitrogens with one attached hydrogen (secondary N) is 1. The highest BCUT2D eigenvalue weighted by Crippen LogP contribution is 2.12. The van der Waals surface area contributed by atoms with Gasteiger partial charge >= 0.3 is 0 Å². The lowest BCUT2D eigenvalue weighted by atomic mass is 10.00. The van der Waals surface area contributed by atoms with Crippen LogP contribution in [0.5, 0.6) is 0 Å². The van der Waals surface area contributed by atoms with E-state index in [2.05, 4.69) is 12.3 Å². The summed E-state index contributed by atoms with van der Waals surface area (Å²) in [5.74, 6) is 5.32. The monoisotopic (exact) mass is 240 g/mol. The van der Waals surface area contributed by atoms with Crippen molar-refractivity contribution in [1.29, 1.82) is 0 Å². The lowest BCUT2D eigenvalue weighted by Crippen LogP contribution is -2.46. The van der Waals surface area contributed by atoms with Crippen molar-refractivity contribution < 1.29 is 9.13 Å². The van der Waals surface area contributed by atoms with Crippen molar-refractivity contribution in [3.05, 3.63) is 35.6 Å². The molecule has 0 aromatic heterocycles. The highest BCUT2D eigenvalue weighted by Gasteiger charge is 2.19. The average molecular weight is 240 g/mol. The third-order valence-corrected chi connectivity index (χ3v) is 2.79. The van der Waals surface area contributed by atoms with Crippen molar-refractivity contribution in [3.8, 4) is 0 Å². The molecule has 96 valence electrons. The van der Waals surface area contributed by atoms with Gasteiger partial charge in [-0.1, -0.05) is 19.1 Å². The van der Waals surface area contributed by atoms with Crippen LogP contribution in [0.4, 0.5) is 4.39 Å². The molecular weight excluding hydrogens is 219 g/mol. The Morgan fingerprint density at radius 1 is 1.41 bits per heavy atom. The van der Waals surface area contributed by atoms with Gasteiger partial charge < -0.3 is 4.74 Å². The molecule has 0 radical (unpaired) electrons. The lowest BCUT2D eigenvalue weighted by molar-refractivity contribution is 0.0319. The number of benzene rings is 1. The Kier molecular flexibility index (Phi) is 6.11. The Bertz CT molecular complexity index is 333. The number of hydrogen-bond donors (Lipinski definition) is 2. The van der Waals surface area contributed by atoms with Crippen LogP contribution in [0.3, 0.4) is 0 Å². The van der Waals surface area contributed by atoms with Crippen LogP contribution in [0.25, 0.3) is 0 Å². The van der Waals surface area contributed by atoms with Crippen LogP contribution in [-0.4, -0.2) is 18.8 Å². The molecule has 17 heavy (non-hydrogen) atoms. The van der Waals surface area contributed by atoms with E-state index in [0.717, 1.165) is 12.0 Å². The second kappa shape index (κ2) is 7.37. The summed E-state index contributed by atoms with van der Waals surface area (Å²) < 4.78 is 18.7. The van der Waals surface area contributed by atoms with Crippen molar-refractivity contribution in [2.75, 3.05) is 6.61 Å². The first-order chi connectivity index (χ1) is 8.21. The standard InChI is InChI=1S/C13H21FN2O/c1-3-13(17-4-2)12(16-15)9-10-6-5-7-11(14)8-10/h5-8,12-13,16H,3-4,9,15H2,1-2H3. The van der Waals surface area contributed by atoms with Crippen molar-refractivity contribution in [1.82, 2.24) is 5.43 Å². The van der Waals surface area contributed by atoms with Gasteiger partial charge in [0, 0.05) is 6.61 Å². The van der Waals surface area contributed by atoms with E-state index in [1.807, 2.05) is 13.0 Å². The second-order valence-electron chi connectivity index (χ2n) is 4.01. The Hall–Kier alpha value is -0.970. The van der Waals surface area contributed by atoms with Crippen LogP contribution in [0, 0.1) is 5.82 Å². The Morgan fingerprint density at radius 2 is 2.18 bits per heavy atom. The Balaban J connectivity index is 2.68. The first-order valence-corrected chi connectivity index (χ1v) is 6.03. The maximum Gasteiger partial charge on any atom is 0.123 e. The van der Waals surface area contributed by atoms with Crippen molar-refractivity contribution in [2.45, 2.75) is 38.8 Å². The molecule has 0 aliphatic rings. The van der Waals surface area contributed by atoms with Gasteiger partial charge in [0.05, 0.1) is 12.1 Å². The Labute approximate surface area is 102 Å². The second-order valence-corrected chi connectivity index (χ2v) is 4.01. The highest BCUT2D eigenvalue weighted by molar-refractivity contribution is 5.17. The van der Waals surface area contributed by atoms with Crippen LogP contribution in [0.1, 0.15) is 25.8 Å². The summed E-state index contributed by atoms with van der Waals surface area (Å²) in [5.41, 5.74) is 3.68. The first kappa shape index (κ1) is 14.1. The first-order valence-electron chi connectivity index (χ1n) is 6.03. The quantitative estimate of drug-likeness (QED) is 0.566. The van der Waals surface area contributed by atoms with Gasteiger partial charge in [-0.05, 0) is 37.5 Å². The molecule has 1 aromatic carbocycles. The minimum atomic E-state index is -0.220. The summed E-state index contributed by atoms with van der Waals surface area (Å²) >= 11 is 0. The summed E-state index contributed by atoms with van der Waals surface area (Å²) in [5, 5.41) is 0. The van der Waals surface area contributed by atoms with Gasteiger partial charge in [0.25, 0.3) is 0 Å². The molecule has 3 nitrogen and oxygen atoms in total. The molecule has 0 aliphatic carbocycles. The third kappa shape index (κ3) is 4.42. The van der Waals surface area contributed by atoms with E-state index in [4.69, 9.17) is 10.6 Å². The van der Waals surface area contributed by atoms with E-state index in [1.165, 1.54) is 12.1 Å². The van der Waals surface area contributed by atoms with Crippen LogP contribution in [-0.2, 0) is 11.2 Å². The van der Waals surface area contributed by atoms with Crippen LogP contribution < -0.4 is 11.3 Å². The van der Waals surface area contributed by atoms with Crippen LogP contribution in [0.2, 0.25) is 0 Å². The predicted molar refractivity (Wildman–Crippen MR) is 66.9 cm³/mol. The normalized spacial score (nSPS) is 14.6. The van der Waals surface area contributed by atoms with Crippen molar-refractivity contribution in [3.63, 3.8) is 0 Å². The van der Waals surface area contributed by atoms with Gasteiger partial charge in [-0.2, -0.15) is 0 Å². The van der Waals surface area contributed by atoms with Gasteiger partial charge in [-0.15, -0.1) is 0 Å². The molecule has 0 spiro atoms. The van der Waals surface area contributed by atoms with E-state index in [0.29, 0.717) is 13.0 Å². The summed E-state index contributed by atoms with van der Waals surface area (Å²) in [7, 11) is 0. The maximum absolute atomic E-state index is 13.1. The van der Waals surface area contributed by atoms with Gasteiger partial charge in [-0.25, -0.2) is 4.39 Å². The number of hydrazine groups is 1. The topological polar surface area (TPSA) is 47.3 Å². The molecule has 0 heterocycles. The fraction of sp³-hybridized carbons (Fsp3) is 0.538. The molecule has 3 N–H and O–H groups in total. The minimum Gasteiger partial charge on any atom is -0.377 e. The van der Waals surface area contributed by atoms with E-state index < -0.39 is 0 Å². The number of nitrogens with two attached hydrogens (primary N) is 1. The maximum atomic E-state index is 13.1. The predicted octanol–water partition coefficient (Wildman–Crippen LogP) is 2.02. The van der Waals surface area contributed by atoms with Crippen molar-refractivity contribution in [2.24, 2.45) is 5.84 Å². The van der Waals surface area contributed by atoms with E-state index >= 15 is 0 Å². The van der Waals surface area contributed by atoms with E-state index in [1.54, 1.807) is 6.07 Å². The SMILES string of the molecule is CCOC(CC)C(Cc1cccc(F)c1)NN. The zero-order valence-electron chi connectivity index (χ0n) is 10.4. The van der Waals surface area contributed by atoms with Gasteiger partial charge in [0.1, 0.15) is 5.82 Å². The molecule has 0 bridgehead atoms. The summed E-state index contributed by atoms with van der Waals surface area (Å²) in [6, 6.07) is 6.57. The molecule has 2 unspecified atom stereocenters. The Morgan fingerprint density at radius 3 is 2.71 bits per heavy atom. The molecule has 0 amide bonds. The summed E-state index contributed by atoms with van der Waals surface area (Å²) in [6.45, 7) is 4.66. The molecule has 0 saturated carbocycles. The molecule has 4 heteroatoms. The van der Waals surface area contributed by atoms with Gasteiger partial charge in [0.15, 0.2) is 0 Å². The lowest BCUT2D eigenvalue weighted by Gasteiger charge is -2.25. The molecule has 0 saturated heterocycles. The molecule has 1 rings (SSSR count). The number of ether oxygens (including phenoxy) is 1. The average Bonchev–Trinajstić information content (AvgIpc) is 2.33. The van der Waals surface area contributed by atoms with Gasteiger partial charge in [-0.3, -0.25) is 11.3 Å². The molecule has 2 atom stereocenters. The zero-order chi connectivity index (χ0) is 12.7. The number of hydrogen-bond acceptors (Lipinski definition) is 3. The molecule has 1 aromatic rings. The summed E-state index contributed by atoms with van der Waals surface area (Å²) in [6.07, 6.45) is 1.58. The molecule has 0 fully saturated rings. The fourth-order valence-corrected chi connectivity index (χ4v) is 1.95. The van der Waals surface area contributed by atoms with Crippen LogP contribution >= 0.6 is 0 Å². The van der Waals surface area contributed by atoms with Crippen molar-refractivity contribution >= 4 is 0 Å². The zero-order valence-corrected chi connectivity index (χ0v) is 10.4. The number of rotatable bonds is 7. The molecule has 0 aliphatic heterocycles.